The molecule has 1 aliphatic heterocycles. The normalized spacial score (nSPS) is 14.4. The summed E-state index contributed by atoms with van der Waals surface area (Å²) in [6.07, 6.45) is 0. The molecular formula is C17H20N6. The average molecular weight is 308 g/mol. The third kappa shape index (κ3) is 3.58. The van der Waals surface area contributed by atoms with Gasteiger partial charge in [-0.25, -0.2) is 9.97 Å². The van der Waals surface area contributed by atoms with Crippen molar-refractivity contribution in [2.24, 2.45) is 0 Å². The third-order valence-electron chi connectivity index (χ3n) is 3.81. The molecule has 1 aromatic carbocycles. The van der Waals surface area contributed by atoms with E-state index >= 15 is 0 Å². The Bertz CT molecular complexity index is 723. The number of nitriles is 1. The first-order valence-corrected chi connectivity index (χ1v) is 7.75. The van der Waals surface area contributed by atoms with Crippen molar-refractivity contribution in [2.75, 3.05) is 36.4 Å². The van der Waals surface area contributed by atoms with Gasteiger partial charge in [0.15, 0.2) is 0 Å². The predicted octanol–water partition coefficient (Wildman–Crippen LogP) is 2.12. The van der Waals surface area contributed by atoms with Crippen molar-refractivity contribution in [3.63, 3.8) is 0 Å². The summed E-state index contributed by atoms with van der Waals surface area (Å²) in [7, 11) is 0. The van der Waals surface area contributed by atoms with Crippen molar-refractivity contribution in [1.29, 1.82) is 5.26 Å². The molecule has 0 aliphatic carbocycles. The maximum absolute atomic E-state index is 9.18. The van der Waals surface area contributed by atoms with Gasteiger partial charge in [0.05, 0.1) is 23.0 Å². The molecule has 2 N–H and O–H groups in total. The van der Waals surface area contributed by atoms with Gasteiger partial charge in [0.25, 0.3) is 0 Å². The standard InChI is InChI=1S/C17H20N6/c1-12-9-13(2)21-17(20-12)22-15-10-14(11-18)3-4-16(15)23-7-5-19-6-8-23/h3-4,9-10,19H,5-8H2,1-2H3,(H,20,21,22). The van der Waals surface area contributed by atoms with Crippen molar-refractivity contribution in [3.8, 4) is 6.07 Å². The Morgan fingerprint density at radius 2 is 1.83 bits per heavy atom. The van der Waals surface area contributed by atoms with Crippen molar-refractivity contribution < 1.29 is 0 Å². The molecule has 2 aromatic rings. The first-order valence-electron chi connectivity index (χ1n) is 7.75. The lowest BCUT2D eigenvalue weighted by Gasteiger charge is -2.31. The molecule has 0 spiro atoms. The van der Waals surface area contributed by atoms with E-state index in [1.165, 1.54) is 0 Å². The van der Waals surface area contributed by atoms with E-state index in [0.717, 1.165) is 48.9 Å². The van der Waals surface area contributed by atoms with Gasteiger partial charge in [0, 0.05) is 37.6 Å². The zero-order valence-corrected chi connectivity index (χ0v) is 13.4. The molecule has 0 unspecified atom stereocenters. The molecule has 2 heterocycles. The molecule has 118 valence electrons. The molecule has 23 heavy (non-hydrogen) atoms. The summed E-state index contributed by atoms with van der Waals surface area (Å²) < 4.78 is 0. The zero-order valence-electron chi connectivity index (χ0n) is 13.4. The van der Waals surface area contributed by atoms with Crippen LogP contribution < -0.4 is 15.5 Å². The summed E-state index contributed by atoms with van der Waals surface area (Å²) in [5.74, 6) is 0.564. The number of hydrogen-bond acceptors (Lipinski definition) is 6. The molecule has 3 rings (SSSR count). The van der Waals surface area contributed by atoms with Crippen molar-refractivity contribution in [1.82, 2.24) is 15.3 Å². The van der Waals surface area contributed by atoms with E-state index in [9.17, 15) is 5.26 Å². The number of piperazine rings is 1. The molecule has 1 fully saturated rings. The Morgan fingerprint density at radius 3 is 2.48 bits per heavy atom. The van der Waals surface area contributed by atoms with Gasteiger partial charge in [0.1, 0.15) is 0 Å². The fourth-order valence-electron chi connectivity index (χ4n) is 2.79. The van der Waals surface area contributed by atoms with Crippen LogP contribution in [-0.2, 0) is 0 Å². The van der Waals surface area contributed by atoms with Crippen LogP contribution in [0.15, 0.2) is 24.3 Å². The quantitative estimate of drug-likeness (QED) is 0.904. The first kappa shape index (κ1) is 15.3. The number of rotatable bonds is 3. The molecule has 0 bridgehead atoms. The minimum Gasteiger partial charge on any atom is -0.367 e. The lowest BCUT2D eigenvalue weighted by molar-refractivity contribution is 0.589. The maximum atomic E-state index is 9.18. The summed E-state index contributed by atoms with van der Waals surface area (Å²) in [5, 5.41) is 15.8. The van der Waals surface area contributed by atoms with Gasteiger partial charge in [-0.05, 0) is 38.1 Å². The van der Waals surface area contributed by atoms with Crippen molar-refractivity contribution in [3.05, 3.63) is 41.2 Å². The van der Waals surface area contributed by atoms with Gasteiger partial charge < -0.3 is 15.5 Å². The van der Waals surface area contributed by atoms with E-state index in [2.05, 4.69) is 31.6 Å². The molecule has 0 radical (unpaired) electrons. The molecule has 6 nitrogen and oxygen atoms in total. The van der Waals surface area contributed by atoms with Gasteiger partial charge in [-0.15, -0.1) is 0 Å². The average Bonchev–Trinajstić information content (AvgIpc) is 2.54. The number of aryl methyl sites for hydroxylation is 2. The summed E-state index contributed by atoms with van der Waals surface area (Å²) in [5.41, 5.74) is 4.40. The molecular weight excluding hydrogens is 288 g/mol. The molecule has 0 amide bonds. The van der Waals surface area contributed by atoms with E-state index < -0.39 is 0 Å². The Hall–Kier alpha value is -2.65. The predicted molar refractivity (Wildman–Crippen MR) is 91.0 cm³/mol. The monoisotopic (exact) mass is 308 g/mol. The molecule has 6 heteroatoms. The van der Waals surface area contributed by atoms with Gasteiger partial charge in [-0.2, -0.15) is 5.26 Å². The van der Waals surface area contributed by atoms with Crippen LogP contribution in [-0.4, -0.2) is 36.1 Å². The molecule has 1 saturated heterocycles. The maximum Gasteiger partial charge on any atom is 0.227 e. The Morgan fingerprint density at radius 1 is 1.13 bits per heavy atom. The number of anilines is 3. The van der Waals surface area contributed by atoms with Crippen molar-refractivity contribution in [2.45, 2.75) is 13.8 Å². The van der Waals surface area contributed by atoms with E-state index in [0.29, 0.717) is 11.5 Å². The fourth-order valence-corrected chi connectivity index (χ4v) is 2.79. The highest BCUT2D eigenvalue weighted by atomic mass is 15.2. The molecule has 0 atom stereocenters. The van der Waals surface area contributed by atoms with Crippen LogP contribution in [0, 0.1) is 25.2 Å². The van der Waals surface area contributed by atoms with E-state index in [-0.39, 0.29) is 0 Å². The van der Waals surface area contributed by atoms with E-state index in [1.54, 1.807) is 0 Å². The highest BCUT2D eigenvalue weighted by Crippen LogP contribution is 2.29. The van der Waals surface area contributed by atoms with Crippen LogP contribution in [0.25, 0.3) is 0 Å². The van der Waals surface area contributed by atoms with Crippen LogP contribution in [0.5, 0.6) is 0 Å². The van der Waals surface area contributed by atoms with Gasteiger partial charge in [0.2, 0.25) is 5.95 Å². The molecule has 0 saturated carbocycles. The Balaban J connectivity index is 1.96. The highest BCUT2D eigenvalue weighted by molar-refractivity contribution is 5.75. The Kier molecular flexibility index (Phi) is 4.40. The van der Waals surface area contributed by atoms with Crippen LogP contribution >= 0.6 is 0 Å². The minimum atomic E-state index is 0.564. The van der Waals surface area contributed by atoms with Crippen LogP contribution in [0.2, 0.25) is 0 Å². The number of nitrogens with zero attached hydrogens (tertiary/aromatic N) is 4. The largest absolute Gasteiger partial charge is 0.367 e. The first-order chi connectivity index (χ1) is 11.2. The lowest BCUT2D eigenvalue weighted by Crippen LogP contribution is -2.43. The van der Waals surface area contributed by atoms with Gasteiger partial charge >= 0.3 is 0 Å². The summed E-state index contributed by atoms with van der Waals surface area (Å²) in [6.45, 7) is 7.69. The van der Waals surface area contributed by atoms with Crippen LogP contribution in [0.4, 0.5) is 17.3 Å². The summed E-state index contributed by atoms with van der Waals surface area (Å²) >= 11 is 0. The summed E-state index contributed by atoms with van der Waals surface area (Å²) in [6, 6.07) is 9.84. The highest BCUT2D eigenvalue weighted by Gasteiger charge is 2.15. The SMILES string of the molecule is Cc1cc(C)nc(Nc2cc(C#N)ccc2N2CCNCC2)n1. The van der Waals surface area contributed by atoms with Gasteiger partial charge in [-0.3, -0.25) is 0 Å². The fraction of sp³-hybridized carbons (Fsp3) is 0.353. The second-order valence-corrected chi connectivity index (χ2v) is 5.68. The minimum absolute atomic E-state index is 0.564. The zero-order chi connectivity index (χ0) is 16.2. The van der Waals surface area contributed by atoms with E-state index in [1.807, 2.05) is 38.1 Å². The second kappa shape index (κ2) is 6.63. The third-order valence-corrected chi connectivity index (χ3v) is 3.81. The topological polar surface area (TPSA) is 76.9 Å². The number of benzene rings is 1. The molecule has 1 aliphatic rings. The van der Waals surface area contributed by atoms with Gasteiger partial charge in [-0.1, -0.05) is 0 Å². The molecule has 1 aromatic heterocycles. The second-order valence-electron chi connectivity index (χ2n) is 5.68. The number of hydrogen-bond donors (Lipinski definition) is 2. The van der Waals surface area contributed by atoms with E-state index in [4.69, 9.17) is 0 Å². The van der Waals surface area contributed by atoms with Crippen molar-refractivity contribution >= 4 is 17.3 Å². The lowest BCUT2D eigenvalue weighted by atomic mass is 10.1. The number of aromatic nitrogens is 2. The van der Waals surface area contributed by atoms with Crippen LogP contribution in [0.3, 0.4) is 0 Å². The number of nitrogens with one attached hydrogen (secondary N) is 2. The Labute approximate surface area is 136 Å². The van der Waals surface area contributed by atoms with Crippen LogP contribution in [0.1, 0.15) is 17.0 Å². The smallest absolute Gasteiger partial charge is 0.227 e. The summed E-state index contributed by atoms with van der Waals surface area (Å²) in [4.78, 5) is 11.2.